The minimum atomic E-state index is -0.0371. The van der Waals surface area contributed by atoms with Gasteiger partial charge < -0.3 is 24.0 Å². The average Bonchev–Trinajstić information content (AvgIpc) is 3.13. The monoisotopic (exact) mass is 507 g/mol. The molecule has 0 atom stereocenters. The van der Waals surface area contributed by atoms with E-state index >= 15 is 0 Å². The Kier molecular flexibility index (Phi) is 7.79. The predicted molar refractivity (Wildman–Crippen MR) is 143 cm³/mol. The van der Waals surface area contributed by atoms with Gasteiger partial charge >= 0.3 is 0 Å². The van der Waals surface area contributed by atoms with E-state index in [1.807, 2.05) is 17.2 Å². The summed E-state index contributed by atoms with van der Waals surface area (Å²) in [5, 5.41) is 0. The van der Waals surface area contributed by atoms with Crippen LogP contribution in [0.4, 0.5) is 5.95 Å². The van der Waals surface area contributed by atoms with E-state index in [-0.39, 0.29) is 5.91 Å². The topological polar surface area (TPSA) is 80.3 Å². The molecule has 1 amide bonds. The Hall–Kier alpha value is -3.33. The van der Waals surface area contributed by atoms with E-state index in [0.717, 1.165) is 67.8 Å². The molecule has 0 N–H and O–H groups in total. The fourth-order valence-corrected chi connectivity index (χ4v) is 5.33. The second-order valence-corrected chi connectivity index (χ2v) is 9.86. The van der Waals surface area contributed by atoms with E-state index < -0.39 is 0 Å². The number of carbonyl (C=O) groups is 1. The molecule has 198 valence electrons. The van der Waals surface area contributed by atoms with Crippen molar-refractivity contribution in [3.8, 4) is 17.2 Å². The molecule has 1 saturated heterocycles. The molecule has 1 aromatic heterocycles. The van der Waals surface area contributed by atoms with E-state index in [1.165, 1.54) is 19.3 Å². The summed E-state index contributed by atoms with van der Waals surface area (Å²) in [7, 11) is 4.76. The number of methoxy groups -OCH3 is 3. The molecule has 1 aliphatic carbocycles. The molecule has 9 nitrogen and oxygen atoms in total. The summed E-state index contributed by atoms with van der Waals surface area (Å²) < 4.78 is 16.2. The van der Waals surface area contributed by atoms with E-state index in [9.17, 15) is 4.79 Å². The molecular formula is C28H37N5O4. The van der Waals surface area contributed by atoms with Crippen LogP contribution in [0.2, 0.25) is 0 Å². The van der Waals surface area contributed by atoms with Crippen LogP contribution in [0.3, 0.4) is 0 Å². The number of anilines is 1. The number of rotatable bonds is 7. The number of nitrogens with zero attached hydrogens (tertiary/aromatic N) is 5. The third kappa shape index (κ3) is 5.51. The maximum Gasteiger partial charge on any atom is 0.246 e. The van der Waals surface area contributed by atoms with E-state index in [0.29, 0.717) is 30.3 Å². The lowest BCUT2D eigenvalue weighted by Gasteiger charge is -2.43. The van der Waals surface area contributed by atoms with Crippen molar-refractivity contribution in [3.05, 3.63) is 41.2 Å². The first-order valence-corrected chi connectivity index (χ1v) is 13.2. The molecule has 0 radical (unpaired) electrons. The lowest BCUT2D eigenvalue weighted by Crippen LogP contribution is -2.52. The molecule has 1 saturated carbocycles. The summed E-state index contributed by atoms with van der Waals surface area (Å²) in [5.41, 5.74) is 2.95. The van der Waals surface area contributed by atoms with E-state index in [1.54, 1.807) is 39.5 Å². The Morgan fingerprint density at radius 3 is 2.30 bits per heavy atom. The number of benzene rings is 1. The summed E-state index contributed by atoms with van der Waals surface area (Å²) in [6, 6.07) is 4.36. The van der Waals surface area contributed by atoms with E-state index in [2.05, 4.69) is 9.80 Å². The molecule has 5 rings (SSSR count). The summed E-state index contributed by atoms with van der Waals surface area (Å²) in [6.45, 7) is 5.40. The van der Waals surface area contributed by atoms with Gasteiger partial charge in [-0.1, -0.05) is 6.42 Å². The first-order chi connectivity index (χ1) is 18.1. The van der Waals surface area contributed by atoms with Gasteiger partial charge in [0, 0.05) is 75.6 Å². The van der Waals surface area contributed by atoms with Crippen molar-refractivity contribution in [3.63, 3.8) is 0 Å². The second-order valence-electron chi connectivity index (χ2n) is 9.86. The first kappa shape index (κ1) is 25.3. The van der Waals surface area contributed by atoms with Crippen molar-refractivity contribution < 1.29 is 19.0 Å². The van der Waals surface area contributed by atoms with Crippen LogP contribution in [0, 0.1) is 0 Å². The molecular weight excluding hydrogens is 470 g/mol. The maximum absolute atomic E-state index is 13.1. The van der Waals surface area contributed by atoms with Crippen LogP contribution < -0.4 is 19.1 Å². The van der Waals surface area contributed by atoms with Crippen LogP contribution in [-0.4, -0.2) is 92.3 Å². The highest BCUT2D eigenvalue weighted by Gasteiger charge is 2.29. The van der Waals surface area contributed by atoms with Crippen molar-refractivity contribution in [1.29, 1.82) is 0 Å². The van der Waals surface area contributed by atoms with Gasteiger partial charge in [-0.3, -0.25) is 9.69 Å². The lowest BCUT2D eigenvalue weighted by atomic mass is 9.91. The van der Waals surface area contributed by atoms with Crippen LogP contribution in [0.1, 0.15) is 36.1 Å². The Balaban J connectivity index is 1.21. The molecule has 3 aliphatic rings. The van der Waals surface area contributed by atoms with Crippen LogP contribution in [-0.2, 0) is 17.6 Å². The quantitative estimate of drug-likeness (QED) is 0.530. The number of hydrogen-bond donors (Lipinski definition) is 0. The minimum absolute atomic E-state index is 0.0371. The Bertz CT molecular complexity index is 1140. The standard InChI is InChI=1S/C28H37N5O4/c1-35-24-18-26(37-3)25(36-2)17-20(24)7-8-27(34)32-11-9-21-19-29-28(30-23(21)10-12-32)33-15-13-31(14-16-33)22-5-4-6-22/h7-8,17-19,22H,4-6,9-16H2,1-3H3. The zero-order valence-electron chi connectivity index (χ0n) is 22.1. The van der Waals surface area contributed by atoms with Gasteiger partial charge in [-0.15, -0.1) is 0 Å². The molecule has 2 aliphatic heterocycles. The lowest BCUT2D eigenvalue weighted by molar-refractivity contribution is -0.125. The largest absolute Gasteiger partial charge is 0.496 e. The molecule has 0 bridgehead atoms. The minimum Gasteiger partial charge on any atom is -0.496 e. The molecule has 2 fully saturated rings. The molecule has 0 spiro atoms. The molecule has 1 aromatic carbocycles. The third-order valence-electron chi connectivity index (χ3n) is 7.85. The maximum atomic E-state index is 13.1. The van der Waals surface area contributed by atoms with Crippen LogP contribution >= 0.6 is 0 Å². The van der Waals surface area contributed by atoms with E-state index in [4.69, 9.17) is 24.2 Å². The highest BCUT2D eigenvalue weighted by Crippen LogP contribution is 2.35. The molecule has 9 heteroatoms. The van der Waals surface area contributed by atoms with Gasteiger partial charge in [0.2, 0.25) is 11.9 Å². The average molecular weight is 508 g/mol. The highest BCUT2D eigenvalue weighted by atomic mass is 16.5. The number of fused-ring (bicyclic) bond motifs is 1. The Morgan fingerprint density at radius 1 is 0.919 bits per heavy atom. The number of amides is 1. The van der Waals surface area contributed by atoms with Gasteiger partial charge in [-0.25, -0.2) is 9.97 Å². The zero-order valence-corrected chi connectivity index (χ0v) is 22.1. The molecule has 0 unspecified atom stereocenters. The fourth-order valence-electron chi connectivity index (χ4n) is 5.33. The smallest absolute Gasteiger partial charge is 0.246 e. The fraction of sp³-hybridized carbons (Fsp3) is 0.536. The number of hydrogen-bond acceptors (Lipinski definition) is 8. The summed E-state index contributed by atoms with van der Waals surface area (Å²) >= 11 is 0. The molecule has 2 aromatic rings. The molecule has 37 heavy (non-hydrogen) atoms. The number of aromatic nitrogens is 2. The second kappa shape index (κ2) is 11.4. The highest BCUT2D eigenvalue weighted by molar-refractivity contribution is 5.92. The van der Waals surface area contributed by atoms with Crippen molar-refractivity contribution in [2.24, 2.45) is 0 Å². The predicted octanol–water partition coefficient (Wildman–Crippen LogP) is 2.82. The SMILES string of the molecule is COc1cc(OC)c(OC)cc1C=CC(=O)N1CCc2cnc(N3CCN(C4CCC4)CC3)nc2CC1. The van der Waals surface area contributed by atoms with Gasteiger partial charge in [0.1, 0.15) is 5.75 Å². The van der Waals surface area contributed by atoms with Crippen LogP contribution in [0.25, 0.3) is 6.08 Å². The Labute approximate surface area is 219 Å². The van der Waals surface area contributed by atoms with Crippen molar-refractivity contribution in [2.45, 2.75) is 38.1 Å². The van der Waals surface area contributed by atoms with Crippen molar-refractivity contribution >= 4 is 17.9 Å². The van der Waals surface area contributed by atoms with Crippen molar-refractivity contribution in [1.82, 2.24) is 19.8 Å². The van der Waals surface area contributed by atoms with Gasteiger partial charge in [0.25, 0.3) is 0 Å². The molecule has 3 heterocycles. The number of carbonyl (C=O) groups excluding carboxylic acids is 1. The Morgan fingerprint density at radius 2 is 1.62 bits per heavy atom. The van der Waals surface area contributed by atoms with Gasteiger partial charge in [-0.05, 0) is 37.0 Å². The zero-order chi connectivity index (χ0) is 25.8. The third-order valence-corrected chi connectivity index (χ3v) is 7.85. The van der Waals surface area contributed by atoms with Gasteiger partial charge in [0.15, 0.2) is 11.5 Å². The van der Waals surface area contributed by atoms with Crippen LogP contribution in [0.15, 0.2) is 24.4 Å². The number of piperazine rings is 1. The van der Waals surface area contributed by atoms with Gasteiger partial charge in [0.05, 0.1) is 27.0 Å². The van der Waals surface area contributed by atoms with Crippen LogP contribution in [0.5, 0.6) is 17.2 Å². The first-order valence-electron chi connectivity index (χ1n) is 13.2. The van der Waals surface area contributed by atoms with Crippen molar-refractivity contribution in [2.75, 3.05) is 65.5 Å². The summed E-state index contributed by atoms with van der Waals surface area (Å²) in [5.74, 6) is 2.56. The normalized spacial score (nSPS) is 18.8. The van der Waals surface area contributed by atoms with Gasteiger partial charge in [-0.2, -0.15) is 0 Å². The summed E-state index contributed by atoms with van der Waals surface area (Å²) in [6.07, 6.45) is 10.9. The summed E-state index contributed by atoms with van der Waals surface area (Å²) in [4.78, 5) is 29.5. The number of ether oxygens (including phenoxy) is 3.